The predicted molar refractivity (Wildman–Crippen MR) is 98.2 cm³/mol. The Hall–Kier alpha value is -2.44. The van der Waals surface area contributed by atoms with Gasteiger partial charge in [-0.25, -0.2) is 4.98 Å². The van der Waals surface area contributed by atoms with Gasteiger partial charge in [-0.2, -0.15) is 0 Å². The maximum atomic E-state index is 12.6. The van der Waals surface area contributed by atoms with E-state index < -0.39 is 6.04 Å². The molecule has 3 aromatic rings. The number of benzene rings is 1. The molecule has 0 fully saturated rings. The lowest BCUT2D eigenvalue weighted by molar-refractivity contribution is -0.119. The topological polar surface area (TPSA) is 64.0 Å². The number of nitrogens with zero attached hydrogens (tertiary/aromatic N) is 2. The zero-order chi connectivity index (χ0) is 17.4. The summed E-state index contributed by atoms with van der Waals surface area (Å²) in [5.41, 5.74) is 1.47. The molecule has 1 amide bonds. The summed E-state index contributed by atoms with van der Waals surface area (Å²) in [6.45, 7) is 0. The normalized spacial score (nSPS) is 16.5. The number of rotatable bonds is 3. The van der Waals surface area contributed by atoms with Gasteiger partial charge in [0.15, 0.2) is 10.9 Å². The highest BCUT2D eigenvalue weighted by atomic mass is 35.5. The Morgan fingerprint density at radius 1 is 1.28 bits per heavy atom. The summed E-state index contributed by atoms with van der Waals surface area (Å²) in [5, 5.41) is 4.02. The molecular formula is C18H14ClN3O2S. The lowest BCUT2D eigenvalue weighted by Crippen LogP contribution is -2.31. The van der Waals surface area contributed by atoms with Crippen LogP contribution in [0.15, 0.2) is 48.8 Å². The number of hydrogen-bond donors (Lipinski definition) is 1. The van der Waals surface area contributed by atoms with E-state index in [2.05, 4.69) is 10.3 Å². The van der Waals surface area contributed by atoms with Crippen LogP contribution in [0.2, 0.25) is 5.02 Å². The summed E-state index contributed by atoms with van der Waals surface area (Å²) in [4.78, 5) is 29.7. The highest BCUT2D eigenvalue weighted by Gasteiger charge is 2.29. The van der Waals surface area contributed by atoms with E-state index >= 15 is 0 Å². The summed E-state index contributed by atoms with van der Waals surface area (Å²) >= 11 is 7.58. The van der Waals surface area contributed by atoms with Crippen LogP contribution >= 0.6 is 22.9 Å². The first-order valence-corrected chi connectivity index (χ1v) is 9.04. The Morgan fingerprint density at radius 3 is 2.96 bits per heavy atom. The molecule has 1 aliphatic heterocycles. The molecule has 0 aliphatic carbocycles. The SMILES string of the molecule is O=C1CCC(C(=O)Nc2ncc(-c3ccccc3Cl)s2)n2cccc21. The Kier molecular flexibility index (Phi) is 4.15. The quantitative estimate of drug-likeness (QED) is 0.741. The van der Waals surface area contributed by atoms with Crippen LogP contribution in [0.25, 0.3) is 10.4 Å². The van der Waals surface area contributed by atoms with Gasteiger partial charge in [-0.15, -0.1) is 0 Å². The first kappa shape index (κ1) is 16.1. The van der Waals surface area contributed by atoms with Gasteiger partial charge in [0.25, 0.3) is 0 Å². The van der Waals surface area contributed by atoms with Gasteiger partial charge in [0, 0.05) is 29.4 Å². The summed E-state index contributed by atoms with van der Waals surface area (Å²) in [6.07, 6.45) is 4.35. The third-order valence-corrected chi connectivity index (χ3v) is 5.50. The Balaban J connectivity index is 1.54. The molecule has 1 atom stereocenters. The number of ketones is 1. The number of carbonyl (C=O) groups excluding carboxylic acids is 2. The zero-order valence-electron chi connectivity index (χ0n) is 13.1. The zero-order valence-corrected chi connectivity index (χ0v) is 14.7. The van der Waals surface area contributed by atoms with Crippen molar-refractivity contribution < 1.29 is 9.59 Å². The fourth-order valence-corrected chi connectivity index (χ4v) is 4.15. The summed E-state index contributed by atoms with van der Waals surface area (Å²) < 4.78 is 1.74. The van der Waals surface area contributed by atoms with E-state index in [1.165, 1.54) is 11.3 Å². The molecule has 7 heteroatoms. The van der Waals surface area contributed by atoms with Gasteiger partial charge in [0.1, 0.15) is 6.04 Å². The minimum atomic E-state index is -0.393. The van der Waals surface area contributed by atoms with Gasteiger partial charge in [0.2, 0.25) is 5.91 Å². The number of aromatic nitrogens is 2. The van der Waals surface area contributed by atoms with E-state index in [-0.39, 0.29) is 11.7 Å². The molecule has 1 unspecified atom stereocenters. The number of nitrogens with one attached hydrogen (secondary N) is 1. The van der Waals surface area contributed by atoms with E-state index in [4.69, 9.17) is 11.6 Å². The van der Waals surface area contributed by atoms with Gasteiger partial charge in [0.05, 0.1) is 10.6 Å². The standard InChI is InChI=1S/C18H14ClN3O2S/c19-12-5-2-1-4-11(12)16-10-20-18(25-16)21-17(24)14-7-8-15(23)13-6-3-9-22(13)14/h1-6,9-10,14H,7-8H2,(H,20,21,24). The molecule has 1 aliphatic rings. The largest absolute Gasteiger partial charge is 0.333 e. The maximum absolute atomic E-state index is 12.6. The second-order valence-corrected chi connectivity index (χ2v) is 7.21. The number of amides is 1. The first-order valence-electron chi connectivity index (χ1n) is 7.85. The van der Waals surface area contributed by atoms with Crippen LogP contribution in [0.4, 0.5) is 5.13 Å². The lowest BCUT2D eigenvalue weighted by Gasteiger charge is -2.24. The van der Waals surface area contributed by atoms with Crippen molar-refractivity contribution in [3.05, 3.63) is 59.5 Å². The van der Waals surface area contributed by atoms with Crippen molar-refractivity contribution in [2.75, 3.05) is 5.32 Å². The van der Waals surface area contributed by atoms with Crippen LogP contribution < -0.4 is 5.32 Å². The third-order valence-electron chi connectivity index (χ3n) is 4.22. The number of anilines is 1. The molecule has 3 heterocycles. The van der Waals surface area contributed by atoms with Gasteiger partial charge < -0.3 is 9.88 Å². The molecule has 2 aromatic heterocycles. The molecule has 0 spiro atoms. The van der Waals surface area contributed by atoms with Crippen molar-refractivity contribution in [2.45, 2.75) is 18.9 Å². The number of Topliss-reactive ketones (excluding diaryl/α,β-unsaturated/α-hetero) is 1. The second-order valence-electron chi connectivity index (χ2n) is 5.78. The Labute approximate surface area is 153 Å². The van der Waals surface area contributed by atoms with E-state index in [1.54, 1.807) is 29.1 Å². The monoisotopic (exact) mass is 371 g/mol. The summed E-state index contributed by atoms with van der Waals surface area (Å²) in [7, 11) is 0. The highest BCUT2D eigenvalue weighted by molar-refractivity contribution is 7.19. The minimum absolute atomic E-state index is 0.0734. The van der Waals surface area contributed by atoms with Gasteiger partial charge in [-0.3, -0.25) is 9.59 Å². The first-order chi connectivity index (χ1) is 12.1. The Morgan fingerprint density at radius 2 is 2.12 bits per heavy atom. The third kappa shape index (κ3) is 2.99. The summed E-state index contributed by atoms with van der Waals surface area (Å²) in [5.74, 6) is -0.0886. The van der Waals surface area contributed by atoms with Crippen LogP contribution in [0.1, 0.15) is 29.4 Å². The van der Waals surface area contributed by atoms with Crippen molar-refractivity contribution >= 4 is 39.8 Å². The van der Waals surface area contributed by atoms with Crippen molar-refractivity contribution in [3.63, 3.8) is 0 Å². The smallest absolute Gasteiger partial charge is 0.249 e. The number of hydrogen-bond acceptors (Lipinski definition) is 4. The molecule has 0 radical (unpaired) electrons. The van der Waals surface area contributed by atoms with E-state index in [0.717, 1.165) is 10.4 Å². The number of thiazole rings is 1. The minimum Gasteiger partial charge on any atom is -0.333 e. The van der Waals surface area contributed by atoms with E-state index in [1.807, 2.05) is 24.3 Å². The van der Waals surface area contributed by atoms with Crippen molar-refractivity contribution in [2.24, 2.45) is 0 Å². The molecule has 0 saturated carbocycles. The fourth-order valence-electron chi connectivity index (χ4n) is 3.00. The molecular weight excluding hydrogens is 358 g/mol. The average molecular weight is 372 g/mol. The van der Waals surface area contributed by atoms with Crippen LogP contribution in [-0.2, 0) is 4.79 Å². The lowest BCUT2D eigenvalue weighted by atomic mass is 10.0. The number of carbonyl (C=O) groups is 2. The second kappa shape index (κ2) is 6.46. The molecule has 25 heavy (non-hydrogen) atoms. The molecule has 1 N–H and O–H groups in total. The highest BCUT2D eigenvalue weighted by Crippen LogP contribution is 2.34. The van der Waals surface area contributed by atoms with Crippen LogP contribution in [0, 0.1) is 0 Å². The molecule has 1 aromatic carbocycles. The van der Waals surface area contributed by atoms with Crippen LogP contribution in [0.5, 0.6) is 0 Å². The van der Waals surface area contributed by atoms with Crippen LogP contribution in [-0.4, -0.2) is 21.2 Å². The number of fused-ring (bicyclic) bond motifs is 1. The van der Waals surface area contributed by atoms with Crippen molar-refractivity contribution in [3.8, 4) is 10.4 Å². The van der Waals surface area contributed by atoms with Crippen LogP contribution in [0.3, 0.4) is 0 Å². The molecule has 5 nitrogen and oxygen atoms in total. The fraction of sp³-hybridized carbons (Fsp3) is 0.167. The van der Waals surface area contributed by atoms with Gasteiger partial charge >= 0.3 is 0 Å². The molecule has 0 saturated heterocycles. The van der Waals surface area contributed by atoms with Crippen molar-refractivity contribution in [1.29, 1.82) is 0 Å². The molecule has 126 valence electrons. The van der Waals surface area contributed by atoms with Gasteiger partial charge in [-0.1, -0.05) is 41.1 Å². The van der Waals surface area contributed by atoms with Gasteiger partial charge in [-0.05, 0) is 24.6 Å². The van der Waals surface area contributed by atoms with E-state index in [0.29, 0.717) is 28.7 Å². The maximum Gasteiger partial charge on any atom is 0.249 e. The van der Waals surface area contributed by atoms with Crippen molar-refractivity contribution in [1.82, 2.24) is 9.55 Å². The Bertz CT molecular complexity index is 963. The average Bonchev–Trinajstić information content (AvgIpc) is 3.25. The predicted octanol–water partition coefficient (Wildman–Crippen LogP) is 4.42. The molecule has 0 bridgehead atoms. The van der Waals surface area contributed by atoms with E-state index in [9.17, 15) is 9.59 Å². The molecule has 4 rings (SSSR count). The number of halogens is 1. The summed E-state index contributed by atoms with van der Waals surface area (Å²) in [6, 6.07) is 10.7.